The fourth-order valence-corrected chi connectivity index (χ4v) is 4.16. The van der Waals surface area contributed by atoms with Crippen molar-refractivity contribution in [3.63, 3.8) is 0 Å². The van der Waals surface area contributed by atoms with Gasteiger partial charge in [0.25, 0.3) is 0 Å². The van der Waals surface area contributed by atoms with Gasteiger partial charge in [-0.25, -0.2) is 15.0 Å². The van der Waals surface area contributed by atoms with E-state index in [1.807, 2.05) is 29.2 Å². The molecule has 3 heterocycles. The highest BCUT2D eigenvalue weighted by atomic mass is 35.5. The zero-order valence-corrected chi connectivity index (χ0v) is 20.0. The molecule has 2 aromatic heterocycles. The van der Waals surface area contributed by atoms with Gasteiger partial charge in [-0.15, -0.1) is 0 Å². The number of aromatic nitrogens is 4. The summed E-state index contributed by atoms with van der Waals surface area (Å²) >= 11 is 5.93. The van der Waals surface area contributed by atoms with E-state index in [0.29, 0.717) is 29.3 Å². The Hall–Kier alpha value is -3.13. The number of ether oxygens (including phenoxy) is 1. The van der Waals surface area contributed by atoms with Crippen molar-refractivity contribution in [1.29, 1.82) is 0 Å². The normalized spacial score (nSPS) is 23.1. The lowest BCUT2D eigenvalue weighted by molar-refractivity contribution is -0.138. The first-order chi connectivity index (χ1) is 17.2. The number of nitrogen functional groups attached to an aromatic ring is 1. The third kappa shape index (κ3) is 5.81. The maximum absolute atomic E-state index is 11.2. The average Bonchev–Trinajstić information content (AvgIpc) is 3.40. The molecule has 36 heavy (non-hydrogen) atoms. The first-order valence-corrected chi connectivity index (χ1v) is 11.7. The number of rotatable bonds is 10. The molecule has 13 heteroatoms. The predicted octanol–water partition coefficient (Wildman–Crippen LogP) is 0.499. The van der Waals surface area contributed by atoms with Crippen LogP contribution in [-0.2, 0) is 9.53 Å². The minimum absolute atomic E-state index is 0.191. The molecule has 1 aliphatic heterocycles. The molecular formula is C23H28ClN7O5. The molecule has 0 amide bonds. The molecule has 192 valence electrons. The Bertz CT molecular complexity index is 1220. The van der Waals surface area contributed by atoms with Gasteiger partial charge >= 0.3 is 5.97 Å². The summed E-state index contributed by atoms with van der Waals surface area (Å²) in [4.78, 5) is 25.4. The Balaban J connectivity index is 1.48. The van der Waals surface area contributed by atoms with Gasteiger partial charge in [0.05, 0.1) is 6.33 Å². The smallest absolute Gasteiger partial charge is 0.320 e. The third-order valence-electron chi connectivity index (χ3n) is 6.05. The van der Waals surface area contributed by atoms with Crippen LogP contribution in [0.3, 0.4) is 0 Å². The number of anilines is 1. The second-order valence-electron chi connectivity index (χ2n) is 8.58. The minimum Gasteiger partial charge on any atom is -0.480 e. The lowest BCUT2D eigenvalue weighted by Crippen LogP contribution is -2.42. The van der Waals surface area contributed by atoms with Crippen molar-refractivity contribution in [2.24, 2.45) is 5.73 Å². The number of hydrogen-bond acceptors (Lipinski definition) is 10. The number of carboxylic acids is 1. The van der Waals surface area contributed by atoms with Gasteiger partial charge < -0.3 is 31.5 Å². The molecule has 0 spiro atoms. The van der Waals surface area contributed by atoms with Crippen LogP contribution in [0.1, 0.15) is 18.2 Å². The van der Waals surface area contributed by atoms with E-state index in [1.54, 1.807) is 12.1 Å². The first kappa shape index (κ1) is 25.9. The van der Waals surface area contributed by atoms with Gasteiger partial charge in [-0.1, -0.05) is 35.9 Å². The number of aliphatic hydroxyl groups is 2. The molecule has 0 saturated carbocycles. The van der Waals surface area contributed by atoms with Crippen molar-refractivity contribution < 1.29 is 24.9 Å². The van der Waals surface area contributed by atoms with Gasteiger partial charge in [0.1, 0.15) is 36.2 Å². The van der Waals surface area contributed by atoms with Crippen LogP contribution < -0.4 is 11.5 Å². The summed E-state index contributed by atoms with van der Waals surface area (Å²) in [7, 11) is 0. The Morgan fingerprint density at radius 1 is 1.22 bits per heavy atom. The zero-order valence-electron chi connectivity index (χ0n) is 19.3. The fraction of sp³-hybridized carbons (Fsp3) is 0.391. The number of aliphatic carboxylic acids is 1. The molecule has 4 rings (SSSR count). The molecule has 5 atom stereocenters. The zero-order chi connectivity index (χ0) is 25.8. The van der Waals surface area contributed by atoms with Crippen molar-refractivity contribution in [2.45, 2.75) is 37.0 Å². The number of imidazole rings is 1. The summed E-state index contributed by atoms with van der Waals surface area (Å²) in [6, 6.07) is 6.30. The minimum atomic E-state index is -1.25. The molecule has 12 nitrogen and oxygen atoms in total. The second kappa shape index (κ2) is 11.3. The third-order valence-corrected chi connectivity index (χ3v) is 6.31. The molecule has 0 aliphatic carbocycles. The van der Waals surface area contributed by atoms with E-state index in [1.165, 1.54) is 17.2 Å². The lowest BCUT2D eigenvalue weighted by atomic mass is 10.1. The maximum Gasteiger partial charge on any atom is 0.320 e. The fourth-order valence-electron chi connectivity index (χ4n) is 4.03. The largest absolute Gasteiger partial charge is 0.480 e. The van der Waals surface area contributed by atoms with Gasteiger partial charge in [-0.3, -0.25) is 14.3 Å². The maximum atomic E-state index is 11.2. The van der Waals surface area contributed by atoms with E-state index in [0.717, 1.165) is 5.56 Å². The van der Waals surface area contributed by atoms with Crippen LogP contribution in [0, 0.1) is 0 Å². The van der Waals surface area contributed by atoms with Crippen LogP contribution in [0.15, 0.2) is 43.0 Å². The summed E-state index contributed by atoms with van der Waals surface area (Å²) < 4.78 is 7.54. The van der Waals surface area contributed by atoms with Crippen molar-refractivity contribution in [3.8, 4) is 0 Å². The summed E-state index contributed by atoms with van der Waals surface area (Å²) in [6.07, 6.45) is 2.55. The van der Waals surface area contributed by atoms with Gasteiger partial charge in [-0.05, 0) is 24.1 Å². The first-order valence-electron chi connectivity index (χ1n) is 11.3. The van der Waals surface area contributed by atoms with E-state index in [-0.39, 0.29) is 18.8 Å². The number of carboxylic acid groups (broad SMARTS) is 1. The molecule has 7 N–H and O–H groups in total. The van der Waals surface area contributed by atoms with Gasteiger partial charge in [0.2, 0.25) is 0 Å². The van der Waals surface area contributed by atoms with Crippen molar-refractivity contribution in [2.75, 3.05) is 25.4 Å². The highest BCUT2D eigenvalue weighted by Crippen LogP contribution is 2.32. The number of hydrogen-bond donors (Lipinski definition) is 5. The lowest BCUT2D eigenvalue weighted by Gasteiger charge is -2.26. The molecule has 0 unspecified atom stereocenters. The molecule has 3 aromatic rings. The van der Waals surface area contributed by atoms with E-state index >= 15 is 0 Å². The summed E-state index contributed by atoms with van der Waals surface area (Å²) in [5.74, 6) is -0.899. The number of nitrogens with zero attached hydrogens (tertiary/aromatic N) is 5. The molecule has 1 fully saturated rings. The van der Waals surface area contributed by atoms with Crippen molar-refractivity contribution >= 4 is 40.6 Å². The number of nitrogens with two attached hydrogens (primary N) is 2. The van der Waals surface area contributed by atoms with Crippen LogP contribution in [0.5, 0.6) is 0 Å². The van der Waals surface area contributed by atoms with Gasteiger partial charge in [0.15, 0.2) is 17.7 Å². The molecule has 0 radical (unpaired) electrons. The van der Waals surface area contributed by atoms with Crippen molar-refractivity contribution in [1.82, 2.24) is 24.4 Å². The second-order valence-corrected chi connectivity index (χ2v) is 9.01. The quantitative estimate of drug-likeness (QED) is 0.252. The Labute approximate surface area is 211 Å². The standard InChI is InChI=1S/C23H28ClN7O5/c24-14-5-3-13(4-6-14)2-1-8-30(9-7-15(25)23(34)35)10-16-18(32)19(33)22(36-16)31-12-29-17-20(26)27-11-28-21(17)31/h1-6,11-12,15-16,18-19,22,32-33H,7-10,25H2,(H,34,35)(H2,26,27,28)/b2-1+/t15-,16+,18+,19+,22+/m0/s1. The van der Waals surface area contributed by atoms with Gasteiger partial charge in [-0.2, -0.15) is 0 Å². The summed E-state index contributed by atoms with van der Waals surface area (Å²) in [5, 5.41) is 31.3. The molecule has 1 aromatic carbocycles. The number of fused-ring (bicyclic) bond motifs is 1. The number of aliphatic hydroxyl groups excluding tert-OH is 2. The monoisotopic (exact) mass is 517 g/mol. The number of halogens is 1. The van der Waals surface area contributed by atoms with Crippen LogP contribution in [0.4, 0.5) is 5.82 Å². The van der Waals surface area contributed by atoms with E-state index < -0.39 is 36.6 Å². The van der Waals surface area contributed by atoms with E-state index in [9.17, 15) is 15.0 Å². The van der Waals surface area contributed by atoms with Crippen molar-refractivity contribution in [3.05, 3.63) is 53.6 Å². The highest BCUT2D eigenvalue weighted by Gasteiger charge is 2.44. The molecule has 1 aliphatic rings. The average molecular weight is 518 g/mol. The summed E-state index contributed by atoms with van der Waals surface area (Å²) in [6.45, 7) is 0.985. The highest BCUT2D eigenvalue weighted by molar-refractivity contribution is 6.30. The summed E-state index contributed by atoms with van der Waals surface area (Å²) in [5.41, 5.74) is 13.2. The molecular weight excluding hydrogens is 490 g/mol. The van der Waals surface area contributed by atoms with Gasteiger partial charge in [0, 0.05) is 24.7 Å². The number of carbonyl (C=O) groups is 1. The Morgan fingerprint density at radius 3 is 2.69 bits per heavy atom. The van der Waals surface area contributed by atoms with Crippen LogP contribution in [-0.4, -0.2) is 89.7 Å². The molecule has 1 saturated heterocycles. The van der Waals surface area contributed by atoms with Crippen LogP contribution >= 0.6 is 11.6 Å². The van der Waals surface area contributed by atoms with Crippen LogP contribution in [0.25, 0.3) is 17.2 Å². The SMILES string of the molecule is Nc1ncnc2c1ncn2[C@@H]1O[C@H](CN(C/C=C/c2ccc(Cl)cc2)CC[C@H](N)C(=O)O)[C@@H](O)[C@H]1O. The Kier molecular flexibility index (Phi) is 8.14. The number of benzene rings is 1. The van der Waals surface area contributed by atoms with E-state index in [2.05, 4.69) is 15.0 Å². The Morgan fingerprint density at radius 2 is 1.97 bits per heavy atom. The van der Waals surface area contributed by atoms with Crippen LogP contribution in [0.2, 0.25) is 5.02 Å². The topological polar surface area (TPSA) is 186 Å². The molecule has 0 bridgehead atoms. The predicted molar refractivity (Wildman–Crippen MR) is 133 cm³/mol. The van der Waals surface area contributed by atoms with E-state index in [4.69, 9.17) is 32.9 Å².